The van der Waals surface area contributed by atoms with Crippen molar-refractivity contribution in [2.45, 2.75) is 51.4 Å². The van der Waals surface area contributed by atoms with Crippen molar-refractivity contribution >= 4 is 11.7 Å². The zero-order chi connectivity index (χ0) is 23.9. The monoisotopic (exact) mass is 449 g/mol. The fourth-order valence-electron chi connectivity index (χ4n) is 3.29. The number of nitrogens with one attached hydrogen (secondary N) is 1. The Morgan fingerprint density at radius 2 is 1.78 bits per heavy atom. The number of rotatable bonds is 4. The molecule has 1 aliphatic heterocycles. The number of hydrogen-bond donors (Lipinski definition) is 3. The fraction of sp³-hybridized carbons (Fsp3) is 0.348. The number of hydrogen-bond acceptors (Lipinski definition) is 6. The summed E-state index contributed by atoms with van der Waals surface area (Å²) in [6.45, 7) is 6.76. The number of esters is 1. The number of ether oxygens (including phenoxy) is 2. The molecule has 9 heteroatoms. The molecule has 1 aliphatic rings. The molecule has 0 bridgehead atoms. The van der Waals surface area contributed by atoms with Gasteiger partial charge in [0.25, 0.3) is 0 Å². The molecular formula is C23H26F3N3O3. The van der Waals surface area contributed by atoms with Crippen LogP contribution in [0.1, 0.15) is 44.4 Å². The third-order valence-corrected chi connectivity index (χ3v) is 4.91. The minimum Gasteiger partial charge on any atom is -0.458 e. The van der Waals surface area contributed by atoms with Crippen LogP contribution in [0, 0.1) is 0 Å². The Bertz CT molecular complexity index is 1070. The predicted molar refractivity (Wildman–Crippen MR) is 114 cm³/mol. The van der Waals surface area contributed by atoms with E-state index in [0.717, 1.165) is 12.1 Å². The van der Waals surface area contributed by atoms with E-state index in [2.05, 4.69) is 5.32 Å². The van der Waals surface area contributed by atoms with Crippen LogP contribution in [0.3, 0.4) is 0 Å². The third-order valence-electron chi connectivity index (χ3n) is 4.91. The Labute approximate surface area is 184 Å². The topological polar surface area (TPSA) is 99.6 Å². The van der Waals surface area contributed by atoms with Crippen molar-refractivity contribution in [3.63, 3.8) is 0 Å². The lowest BCUT2D eigenvalue weighted by Crippen LogP contribution is -2.50. The first-order valence-electron chi connectivity index (χ1n) is 9.93. The van der Waals surface area contributed by atoms with Gasteiger partial charge in [0.1, 0.15) is 22.7 Å². The molecule has 5 N–H and O–H groups in total. The van der Waals surface area contributed by atoms with Crippen molar-refractivity contribution in [2.75, 3.05) is 5.32 Å². The van der Waals surface area contributed by atoms with Gasteiger partial charge in [0.15, 0.2) is 5.75 Å². The molecular weight excluding hydrogens is 423 g/mol. The van der Waals surface area contributed by atoms with Gasteiger partial charge in [-0.3, -0.25) is 0 Å². The molecule has 0 spiro atoms. The quantitative estimate of drug-likeness (QED) is 0.599. The maximum Gasteiger partial charge on any atom is 0.416 e. The molecule has 0 amide bonds. The van der Waals surface area contributed by atoms with Crippen LogP contribution in [0.15, 0.2) is 54.0 Å². The van der Waals surface area contributed by atoms with Crippen molar-refractivity contribution < 1.29 is 27.4 Å². The van der Waals surface area contributed by atoms with Crippen molar-refractivity contribution in [1.82, 2.24) is 0 Å². The lowest BCUT2D eigenvalue weighted by molar-refractivity contribution is -0.162. The number of nitrogens with two attached hydrogens (primary N) is 2. The van der Waals surface area contributed by atoms with Crippen LogP contribution >= 0.6 is 0 Å². The molecule has 0 radical (unpaired) electrons. The molecule has 1 unspecified atom stereocenters. The van der Waals surface area contributed by atoms with Crippen LogP contribution in [0.25, 0.3) is 0 Å². The van der Waals surface area contributed by atoms with E-state index in [9.17, 15) is 18.0 Å². The minimum atomic E-state index is -4.52. The molecule has 0 aliphatic carbocycles. The minimum absolute atomic E-state index is 0.212. The molecule has 1 atom stereocenters. The van der Waals surface area contributed by atoms with Crippen LogP contribution in [0.4, 0.5) is 18.9 Å². The normalized spacial score (nSPS) is 15.9. The number of anilines is 1. The molecule has 1 heterocycles. The van der Waals surface area contributed by atoms with Gasteiger partial charge in [-0.2, -0.15) is 13.2 Å². The van der Waals surface area contributed by atoms with E-state index in [4.69, 9.17) is 20.9 Å². The van der Waals surface area contributed by atoms with Crippen LogP contribution in [-0.2, 0) is 27.7 Å². The lowest BCUT2D eigenvalue weighted by atomic mass is 9.83. The molecule has 0 fully saturated rings. The van der Waals surface area contributed by atoms with Crippen LogP contribution in [-0.4, -0.2) is 11.6 Å². The number of alkyl halides is 3. The molecule has 6 nitrogen and oxygen atoms in total. The standard InChI is InChI=1S/C23H26F3N3O3/c1-13-19(27)29-17-11-15(8-9-18(17)31-13)22(28,20(30)32-21(2,3)4)12-14-6-5-7-16(10-14)23(24,25)26/h5-11,29H,12,27-28H2,1-4H3. The largest absolute Gasteiger partial charge is 0.458 e. The highest BCUT2D eigenvalue weighted by atomic mass is 19.4. The van der Waals surface area contributed by atoms with Gasteiger partial charge in [0.2, 0.25) is 0 Å². The van der Waals surface area contributed by atoms with E-state index in [0.29, 0.717) is 28.6 Å². The predicted octanol–water partition coefficient (Wildman–Crippen LogP) is 4.40. The number of halogens is 3. The molecule has 3 rings (SSSR count). The first kappa shape index (κ1) is 23.5. The Hall–Kier alpha value is -3.20. The van der Waals surface area contributed by atoms with Crippen molar-refractivity contribution in [3.8, 4) is 5.75 Å². The summed E-state index contributed by atoms with van der Waals surface area (Å²) in [5.74, 6) is 0.498. The van der Waals surface area contributed by atoms with Gasteiger partial charge in [-0.15, -0.1) is 0 Å². The van der Waals surface area contributed by atoms with Crippen molar-refractivity contribution in [3.05, 3.63) is 70.7 Å². The summed E-state index contributed by atoms with van der Waals surface area (Å²) in [7, 11) is 0. The molecule has 2 aromatic carbocycles. The smallest absolute Gasteiger partial charge is 0.416 e. The van der Waals surface area contributed by atoms with Crippen molar-refractivity contribution in [1.29, 1.82) is 0 Å². The van der Waals surface area contributed by atoms with Gasteiger partial charge in [-0.1, -0.05) is 24.3 Å². The fourth-order valence-corrected chi connectivity index (χ4v) is 3.29. The summed E-state index contributed by atoms with van der Waals surface area (Å²) < 4.78 is 50.8. The molecule has 0 saturated carbocycles. The summed E-state index contributed by atoms with van der Waals surface area (Å²) >= 11 is 0. The van der Waals surface area contributed by atoms with Crippen LogP contribution < -0.4 is 21.5 Å². The van der Waals surface area contributed by atoms with E-state index in [-0.39, 0.29) is 12.0 Å². The second-order valence-corrected chi connectivity index (χ2v) is 8.76. The van der Waals surface area contributed by atoms with Gasteiger partial charge in [0.05, 0.1) is 11.3 Å². The number of carbonyl (C=O) groups excluding carboxylic acids is 1. The second-order valence-electron chi connectivity index (χ2n) is 8.76. The summed E-state index contributed by atoms with van der Waals surface area (Å²) in [6.07, 6.45) is -4.73. The van der Waals surface area contributed by atoms with Crippen molar-refractivity contribution in [2.24, 2.45) is 11.5 Å². The van der Waals surface area contributed by atoms with E-state index >= 15 is 0 Å². The number of carbonyl (C=O) groups is 1. The summed E-state index contributed by atoms with van der Waals surface area (Å²) in [6, 6.07) is 9.52. The molecule has 2 aromatic rings. The molecule has 172 valence electrons. The van der Waals surface area contributed by atoms with Crippen LogP contribution in [0.2, 0.25) is 0 Å². The van der Waals surface area contributed by atoms with Gasteiger partial charge in [0, 0.05) is 6.42 Å². The third kappa shape index (κ3) is 4.99. The Balaban J connectivity index is 2.06. The van der Waals surface area contributed by atoms with E-state index in [1.165, 1.54) is 12.1 Å². The Morgan fingerprint density at radius 3 is 2.41 bits per heavy atom. The zero-order valence-corrected chi connectivity index (χ0v) is 18.3. The van der Waals surface area contributed by atoms with Gasteiger partial charge < -0.3 is 26.3 Å². The van der Waals surface area contributed by atoms with E-state index in [1.54, 1.807) is 45.9 Å². The summed E-state index contributed by atoms with van der Waals surface area (Å²) in [4.78, 5) is 13.2. The molecule has 0 aromatic heterocycles. The average molecular weight is 449 g/mol. The first-order valence-corrected chi connectivity index (χ1v) is 9.93. The Kier molecular flexibility index (Phi) is 5.90. The summed E-state index contributed by atoms with van der Waals surface area (Å²) in [5.41, 5.74) is 10.1. The van der Waals surface area contributed by atoms with Gasteiger partial charge in [-0.25, -0.2) is 4.79 Å². The van der Waals surface area contributed by atoms with E-state index < -0.39 is 28.8 Å². The highest BCUT2D eigenvalue weighted by Gasteiger charge is 2.41. The lowest BCUT2D eigenvalue weighted by Gasteiger charge is -2.33. The summed E-state index contributed by atoms with van der Waals surface area (Å²) in [5, 5.41) is 2.98. The molecule has 32 heavy (non-hydrogen) atoms. The number of allylic oxidation sites excluding steroid dienone is 1. The Morgan fingerprint density at radius 1 is 1.09 bits per heavy atom. The first-order chi connectivity index (χ1) is 14.7. The van der Waals surface area contributed by atoms with E-state index in [1.807, 2.05) is 0 Å². The number of benzene rings is 2. The van der Waals surface area contributed by atoms with Gasteiger partial charge >= 0.3 is 12.1 Å². The van der Waals surface area contributed by atoms with Gasteiger partial charge in [-0.05, 0) is 57.0 Å². The average Bonchev–Trinajstić information content (AvgIpc) is 2.66. The zero-order valence-electron chi connectivity index (χ0n) is 18.3. The second kappa shape index (κ2) is 8.05. The SMILES string of the molecule is CC1=C(N)Nc2cc(C(N)(Cc3cccc(C(F)(F)F)c3)C(=O)OC(C)(C)C)ccc2O1. The maximum absolute atomic E-state index is 13.2. The highest BCUT2D eigenvalue weighted by molar-refractivity contribution is 5.84. The van der Waals surface area contributed by atoms with Crippen LogP contribution in [0.5, 0.6) is 5.75 Å². The molecule has 0 saturated heterocycles. The highest BCUT2D eigenvalue weighted by Crippen LogP contribution is 2.37. The maximum atomic E-state index is 13.2. The number of fused-ring (bicyclic) bond motifs is 1.